The number of benzene rings is 4. The molecule has 13 nitrogen and oxygen atoms in total. The molecular formula is C35H34FN9O4. The molecule has 0 radical (unpaired) electrons. The number of carbonyl (C=O) groups excluding carboxylic acids is 1. The summed E-state index contributed by atoms with van der Waals surface area (Å²) >= 11 is 0. The van der Waals surface area contributed by atoms with E-state index >= 15 is 0 Å². The summed E-state index contributed by atoms with van der Waals surface area (Å²) in [6, 6.07) is 27.5. The molecule has 1 amide bonds. The number of aliphatic hydroxyl groups is 1. The molecular weight excluding hydrogens is 629 g/mol. The van der Waals surface area contributed by atoms with Crippen molar-refractivity contribution in [3.8, 4) is 5.75 Å². The van der Waals surface area contributed by atoms with Crippen molar-refractivity contribution in [3.05, 3.63) is 157 Å². The Morgan fingerprint density at radius 3 is 2.35 bits per heavy atom. The third-order valence-electron chi connectivity index (χ3n) is 7.94. The Bertz CT molecular complexity index is 1890. The molecule has 0 saturated carbocycles. The smallest absolute Gasteiger partial charge is 0.266 e. The number of aliphatic hydroxyl groups excluding tert-OH is 1. The van der Waals surface area contributed by atoms with Crippen LogP contribution in [0.25, 0.3) is 20.9 Å². The molecule has 4 aromatic carbocycles. The second-order valence-electron chi connectivity index (χ2n) is 11.1. The van der Waals surface area contributed by atoms with Crippen LogP contribution in [-0.4, -0.2) is 35.7 Å². The zero-order valence-corrected chi connectivity index (χ0v) is 26.4. The second kappa shape index (κ2) is 16.8. The molecule has 250 valence electrons. The highest BCUT2D eigenvalue weighted by molar-refractivity contribution is 6.01. The van der Waals surface area contributed by atoms with Gasteiger partial charge in [0.1, 0.15) is 11.6 Å². The first-order valence-electron chi connectivity index (χ1n) is 15.5. The van der Waals surface area contributed by atoms with Crippen LogP contribution in [0.5, 0.6) is 5.75 Å². The Labute approximate surface area is 281 Å². The number of carbonyl (C=O) groups is 1. The highest BCUT2D eigenvalue weighted by atomic mass is 19.1. The maximum absolute atomic E-state index is 14.6. The van der Waals surface area contributed by atoms with Crippen molar-refractivity contribution in [2.45, 2.75) is 44.1 Å². The van der Waals surface area contributed by atoms with E-state index in [1.165, 1.54) is 12.1 Å². The highest BCUT2D eigenvalue weighted by Crippen LogP contribution is 2.44. The summed E-state index contributed by atoms with van der Waals surface area (Å²) in [5.74, 6) is -0.161. The molecule has 0 fully saturated rings. The SMILES string of the molecule is [N-]=[N+]=NCc1ccccc1C[C@]1(C(=O)NNCc2cccc(F)c2)N=C(c2ccc(OCCCO)cc2)O[C@H]1c1ccccc1CN=[N+]=[N-]. The number of amides is 1. The number of hydrogen-bond donors (Lipinski definition) is 3. The maximum Gasteiger partial charge on any atom is 0.266 e. The first-order valence-corrected chi connectivity index (χ1v) is 15.5. The molecule has 0 aromatic heterocycles. The van der Waals surface area contributed by atoms with E-state index in [0.29, 0.717) is 52.2 Å². The fraction of sp³-hybridized carbons (Fsp3) is 0.257. The second-order valence-corrected chi connectivity index (χ2v) is 11.1. The zero-order valence-electron chi connectivity index (χ0n) is 26.4. The van der Waals surface area contributed by atoms with Gasteiger partial charge in [0.25, 0.3) is 5.91 Å². The lowest BCUT2D eigenvalue weighted by molar-refractivity contribution is -0.130. The summed E-state index contributed by atoms with van der Waals surface area (Å²) in [6.45, 7) is 0.539. The minimum Gasteiger partial charge on any atom is -0.494 e. The van der Waals surface area contributed by atoms with E-state index < -0.39 is 23.4 Å². The van der Waals surface area contributed by atoms with Crippen molar-refractivity contribution in [2.24, 2.45) is 15.2 Å². The lowest BCUT2D eigenvalue weighted by atomic mass is 9.80. The molecule has 0 aliphatic carbocycles. The number of nitrogens with zero attached hydrogens (tertiary/aromatic N) is 7. The predicted molar refractivity (Wildman–Crippen MR) is 180 cm³/mol. The number of ether oxygens (including phenoxy) is 2. The number of aliphatic imine (C=N–C) groups is 1. The van der Waals surface area contributed by atoms with Crippen LogP contribution in [0.4, 0.5) is 4.39 Å². The quantitative estimate of drug-likeness (QED) is 0.0403. The van der Waals surface area contributed by atoms with Gasteiger partial charge in [0, 0.05) is 41.4 Å². The van der Waals surface area contributed by atoms with Gasteiger partial charge >= 0.3 is 0 Å². The molecule has 14 heteroatoms. The maximum atomic E-state index is 14.6. The van der Waals surface area contributed by atoms with Crippen LogP contribution in [0, 0.1) is 5.82 Å². The van der Waals surface area contributed by atoms with Gasteiger partial charge in [-0.05, 0) is 75.3 Å². The lowest BCUT2D eigenvalue weighted by Gasteiger charge is -2.32. The summed E-state index contributed by atoms with van der Waals surface area (Å²) in [6.07, 6.45) is -0.485. The van der Waals surface area contributed by atoms with Crippen LogP contribution in [-0.2, 0) is 35.6 Å². The fourth-order valence-corrected chi connectivity index (χ4v) is 5.57. The number of rotatable bonds is 16. The number of hydrogen-bond acceptors (Lipinski definition) is 8. The summed E-state index contributed by atoms with van der Waals surface area (Å²) in [4.78, 5) is 25.5. The van der Waals surface area contributed by atoms with Crippen LogP contribution >= 0.6 is 0 Å². The van der Waals surface area contributed by atoms with Gasteiger partial charge in [-0.2, -0.15) is 0 Å². The van der Waals surface area contributed by atoms with Gasteiger partial charge in [-0.3, -0.25) is 10.2 Å². The van der Waals surface area contributed by atoms with E-state index in [4.69, 9.17) is 30.6 Å². The average Bonchev–Trinajstić information content (AvgIpc) is 3.51. The first kappa shape index (κ1) is 34.4. The standard InChI is InChI=1S/C35H34FN9O4/c36-29-11-5-7-24(19-29)21-39-43-34(47)35(20-26-8-1-2-9-27(26)22-40-44-37)32(31-12-4-3-10-28(31)23-41-45-38)49-33(42-35)25-13-15-30(16-14-25)48-18-6-17-46/h1-5,7-16,19,32,39,46H,6,17-18,20-23H2,(H,43,47)/t32-,35-/m0/s1. The Kier molecular flexibility index (Phi) is 11.8. The zero-order chi connectivity index (χ0) is 34.5. The molecule has 49 heavy (non-hydrogen) atoms. The number of azide groups is 2. The summed E-state index contributed by atoms with van der Waals surface area (Å²) in [5, 5.41) is 16.6. The van der Waals surface area contributed by atoms with Crippen LogP contribution in [0.3, 0.4) is 0 Å². The van der Waals surface area contributed by atoms with Gasteiger partial charge in [0.2, 0.25) is 5.90 Å². The third-order valence-corrected chi connectivity index (χ3v) is 7.94. The molecule has 1 aliphatic rings. The topological polar surface area (TPSA) is 190 Å². The minimum atomic E-state index is -1.64. The Morgan fingerprint density at radius 1 is 0.939 bits per heavy atom. The predicted octanol–water partition coefficient (Wildman–Crippen LogP) is 6.53. The van der Waals surface area contributed by atoms with Gasteiger partial charge in [0.05, 0.1) is 19.7 Å². The fourth-order valence-electron chi connectivity index (χ4n) is 5.57. The van der Waals surface area contributed by atoms with Gasteiger partial charge in [-0.1, -0.05) is 70.9 Å². The van der Waals surface area contributed by atoms with Crippen LogP contribution < -0.4 is 15.6 Å². The minimum absolute atomic E-state index is 0.00470. The number of halogens is 1. The normalized spacial score (nSPS) is 16.4. The van der Waals surface area contributed by atoms with Crippen molar-refractivity contribution in [1.82, 2.24) is 10.9 Å². The molecule has 0 unspecified atom stereocenters. The van der Waals surface area contributed by atoms with E-state index in [-0.39, 0.29) is 38.6 Å². The molecule has 0 spiro atoms. The first-order chi connectivity index (χ1) is 24.0. The molecule has 1 aliphatic heterocycles. The van der Waals surface area contributed by atoms with E-state index in [9.17, 15) is 9.18 Å². The molecule has 0 saturated heterocycles. The summed E-state index contributed by atoms with van der Waals surface area (Å²) < 4.78 is 26.2. The third kappa shape index (κ3) is 8.52. The van der Waals surface area contributed by atoms with Crippen molar-refractivity contribution in [2.75, 3.05) is 13.2 Å². The van der Waals surface area contributed by atoms with Crippen molar-refractivity contribution < 1.29 is 23.8 Å². The molecule has 1 heterocycles. The largest absolute Gasteiger partial charge is 0.494 e. The average molecular weight is 664 g/mol. The van der Waals surface area contributed by atoms with Crippen LogP contribution in [0.2, 0.25) is 0 Å². The van der Waals surface area contributed by atoms with Crippen molar-refractivity contribution in [1.29, 1.82) is 0 Å². The Hall–Kier alpha value is -5.91. The molecule has 3 N–H and O–H groups in total. The highest BCUT2D eigenvalue weighted by Gasteiger charge is 2.54. The number of hydrazine groups is 1. The van der Waals surface area contributed by atoms with Crippen LogP contribution in [0.1, 0.15) is 45.9 Å². The van der Waals surface area contributed by atoms with Gasteiger partial charge < -0.3 is 14.6 Å². The van der Waals surface area contributed by atoms with Gasteiger partial charge in [-0.15, -0.1) is 0 Å². The monoisotopic (exact) mass is 663 g/mol. The molecule has 4 aromatic rings. The van der Waals surface area contributed by atoms with Crippen molar-refractivity contribution >= 4 is 11.8 Å². The van der Waals surface area contributed by atoms with Gasteiger partial charge in [0.15, 0.2) is 11.6 Å². The molecule has 2 atom stereocenters. The van der Waals surface area contributed by atoms with E-state index in [1.54, 1.807) is 60.7 Å². The van der Waals surface area contributed by atoms with E-state index in [2.05, 4.69) is 30.9 Å². The summed E-state index contributed by atoms with van der Waals surface area (Å²) in [7, 11) is 0. The lowest BCUT2D eigenvalue weighted by Crippen LogP contribution is -2.54. The molecule has 0 bridgehead atoms. The van der Waals surface area contributed by atoms with Crippen LogP contribution in [0.15, 0.2) is 112 Å². The van der Waals surface area contributed by atoms with E-state index in [0.717, 1.165) is 0 Å². The van der Waals surface area contributed by atoms with Gasteiger partial charge in [-0.25, -0.2) is 14.8 Å². The Morgan fingerprint density at radius 2 is 1.63 bits per heavy atom. The van der Waals surface area contributed by atoms with Crippen molar-refractivity contribution in [3.63, 3.8) is 0 Å². The Balaban J connectivity index is 1.61. The number of nitrogens with one attached hydrogen (secondary N) is 2. The summed E-state index contributed by atoms with van der Waals surface area (Å²) in [5.41, 5.74) is 26.0. The van der Waals surface area contributed by atoms with E-state index in [1.807, 2.05) is 24.3 Å². The molecule has 5 rings (SSSR count).